The highest BCUT2D eigenvalue weighted by Crippen LogP contribution is 2.32. The van der Waals surface area contributed by atoms with Crippen molar-refractivity contribution in [1.29, 1.82) is 0 Å². The van der Waals surface area contributed by atoms with E-state index < -0.39 is 0 Å². The minimum Gasteiger partial charge on any atom is -0.493 e. The third kappa shape index (κ3) is 4.33. The van der Waals surface area contributed by atoms with Crippen LogP contribution in [0.4, 0.5) is 5.13 Å². The standard InChI is InChI=1S/C21H26N2O2S/c1-4-12-23(21-22-17-7-5-6-8-19(17)26-21)20(24)11-13-25-18-10-9-15(2)14-16(18)3/h4,9-10,14H,1,5-8,11-13H2,2-3H3. The van der Waals surface area contributed by atoms with Gasteiger partial charge in [-0.05, 0) is 51.2 Å². The van der Waals surface area contributed by atoms with E-state index in [4.69, 9.17) is 9.72 Å². The van der Waals surface area contributed by atoms with E-state index in [1.165, 1.54) is 29.0 Å². The van der Waals surface area contributed by atoms with Crippen molar-refractivity contribution in [3.63, 3.8) is 0 Å². The van der Waals surface area contributed by atoms with Crippen molar-refractivity contribution in [1.82, 2.24) is 4.98 Å². The number of aryl methyl sites for hydroxylation is 4. The first-order valence-electron chi connectivity index (χ1n) is 9.18. The summed E-state index contributed by atoms with van der Waals surface area (Å²) >= 11 is 1.65. The maximum absolute atomic E-state index is 12.7. The molecule has 0 radical (unpaired) electrons. The summed E-state index contributed by atoms with van der Waals surface area (Å²) in [5.41, 5.74) is 3.47. The van der Waals surface area contributed by atoms with Crippen LogP contribution in [-0.4, -0.2) is 24.0 Å². The predicted octanol–water partition coefficient (Wildman–Crippen LogP) is 4.63. The van der Waals surface area contributed by atoms with E-state index in [9.17, 15) is 4.79 Å². The molecule has 0 saturated heterocycles. The first-order chi connectivity index (χ1) is 12.6. The van der Waals surface area contributed by atoms with Crippen LogP contribution in [0.15, 0.2) is 30.9 Å². The molecule has 2 aromatic rings. The molecule has 3 rings (SSSR count). The Hall–Kier alpha value is -2.14. The number of aromatic nitrogens is 1. The van der Waals surface area contributed by atoms with Crippen LogP contribution in [0.2, 0.25) is 0 Å². The molecular weight excluding hydrogens is 344 g/mol. The molecule has 26 heavy (non-hydrogen) atoms. The molecule has 1 heterocycles. The molecular formula is C21H26N2O2S. The number of ether oxygens (including phenoxy) is 1. The lowest BCUT2D eigenvalue weighted by Gasteiger charge is -2.18. The summed E-state index contributed by atoms with van der Waals surface area (Å²) in [4.78, 5) is 20.5. The van der Waals surface area contributed by atoms with Gasteiger partial charge in [-0.2, -0.15) is 0 Å². The van der Waals surface area contributed by atoms with Gasteiger partial charge in [0.1, 0.15) is 5.75 Å². The molecule has 0 spiro atoms. The highest BCUT2D eigenvalue weighted by Gasteiger charge is 2.22. The van der Waals surface area contributed by atoms with E-state index >= 15 is 0 Å². The van der Waals surface area contributed by atoms with Gasteiger partial charge in [0.05, 0.1) is 18.7 Å². The van der Waals surface area contributed by atoms with Gasteiger partial charge >= 0.3 is 0 Å². The van der Waals surface area contributed by atoms with E-state index in [-0.39, 0.29) is 5.91 Å². The Morgan fingerprint density at radius 3 is 2.88 bits per heavy atom. The predicted molar refractivity (Wildman–Crippen MR) is 107 cm³/mol. The molecule has 0 unspecified atom stereocenters. The van der Waals surface area contributed by atoms with Crippen molar-refractivity contribution in [3.8, 4) is 5.75 Å². The topological polar surface area (TPSA) is 42.4 Å². The SMILES string of the molecule is C=CCN(C(=O)CCOc1ccc(C)cc1C)c1nc2c(s1)CCCC2. The maximum Gasteiger partial charge on any atom is 0.232 e. The van der Waals surface area contributed by atoms with E-state index in [0.717, 1.165) is 29.3 Å². The summed E-state index contributed by atoms with van der Waals surface area (Å²) < 4.78 is 5.82. The Morgan fingerprint density at radius 2 is 2.15 bits per heavy atom. The Labute approximate surface area is 159 Å². The molecule has 1 aliphatic carbocycles. The minimum atomic E-state index is 0.0285. The van der Waals surface area contributed by atoms with Gasteiger partial charge in [-0.15, -0.1) is 17.9 Å². The zero-order valence-electron chi connectivity index (χ0n) is 15.6. The molecule has 0 aliphatic heterocycles. The molecule has 0 atom stereocenters. The number of anilines is 1. The summed E-state index contributed by atoms with van der Waals surface area (Å²) in [6, 6.07) is 6.07. The lowest BCUT2D eigenvalue weighted by molar-refractivity contribution is -0.119. The van der Waals surface area contributed by atoms with Crippen molar-refractivity contribution in [2.75, 3.05) is 18.1 Å². The van der Waals surface area contributed by atoms with Gasteiger partial charge in [-0.3, -0.25) is 9.69 Å². The van der Waals surface area contributed by atoms with Gasteiger partial charge < -0.3 is 4.74 Å². The van der Waals surface area contributed by atoms with Crippen LogP contribution >= 0.6 is 11.3 Å². The summed E-state index contributed by atoms with van der Waals surface area (Å²) in [5, 5.41) is 0.799. The Kier molecular flexibility index (Phi) is 6.09. The Morgan fingerprint density at radius 1 is 1.35 bits per heavy atom. The molecule has 1 aromatic carbocycles. The normalized spacial score (nSPS) is 13.2. The number of fused-ring (bicyclic) bond motifs is 1. The number of carbonyl (C=O) groups excluding carboxylic acids is 1. The smallest absolute Gasteiger partial charge is 0.232 e. The van der Waals surface area contributed by atoms with Crippen molar-refractivity contribution < 1.29 is 9.53 Å². The third-order valence-corrected chi connectivity index (χ3v) is 5.76. The molecule has 1 aliphatic rings. The van der Waals surface area contributed by atoms with E-state index in [2.05, 4.69) is 19.6 Å². The lowest BCUT2D eigenvalue weighted by atomic mass is 10.0. The highest BCUT2D eigenvalue weighted by molar-refractivity contribution is 7.16. The van der Waals surface area contributed by atoms with Gasteiger partial charge in [-0.1, -0.05) is 23.8 Å². The van der Waals surface area contributed by atoms with E-state index in [1.54, 1.807) is 22.3 Å². The van der Waals surface area contributed by atoms with Crippen molar-refractivity contribution in [3.05, 3.63) is 52.6 Å². The first kappa shape index (κ1) is 18.6. The van der Waals surface area contributed by atoms with Crippen molar-refractivity contribution >= 4 is 22.4 Å². The van der Waals surface area contributed by atoms with Gasteiger partial charge in [0.2, 0.25) is 5.91 Å². The van der Waals surface area contributed by atoms with Crippen LogP contribution < -0.4 is 9.64 Å². The third-order valence-electron chi connectivity index (χ3n) is 4.58. The number of rotatable bonds is 7. The highest BCUT2D eigenvalue weighted by atomic mass is 32.1. The van der Waals surface area contributed by atoms with Crippen LogP contribution in [0.5, 0.6) is 5.75 Å². The number of hydrogen-bond acceptors (Lipinski definition) is 4. The molecule has 0 N–H and O–H groups in total. The molecule has 138 valence electrons. The molecule has 0 fully saturated rings. The van der Waals surface area contributed by atoms with Gasteiger partial charge in [0, 0.05) is 11.4 Å². The van der Waals surface area contributed by atoms with E-state index in [0.29, 0.717) is 19.6 Å². The van der Waals surface area contributed by atoms with Crippen LogP contribution in [0.25, 0.3) is 0 Å². The lowest BCUT2D eigenvalue weighted by Crippen LogP contribution is -2.32. The van der Waals surface area contributed by atoms with E-state index in [1.807, 2.05) is 19.1 Å². The number of thiazole rings is 1. The molecule has 1 aromatic heterocycles. The summed E-state index contributed by atoms with van der Waals surface area (Å²) in [6.45, 7) is 8.71. The fraction of sp³-hybridized carbons (Fsp3) is 0.429. The average Bonchev–Trinajstić information content (AvgIpc) is 3.05. The number of nitrogens with zero attached hydrogens (tertiary/aromatic N) is 2. The maximum atomic E-state index is 12.7. The molecule has 1 amide bonds. The van der Waals surface area contributed by atoms with Crippen molar-refractivity contribution in [2.24, 2.45) is 0 Å². The molecule has 0 saturated carbocycles. The van der Waals surface area contributed by atoms with Gasteiger partial charge in [-0.25, -0.2) is 4.98 Å². The molecule has 4 nitrogen and oxygen atoms in total. The zero-order chi connectivity index (χ0) is 18.5. The summed E-state index contributed by atoms with van der Waals surface area (Å²) in [5.74, 6) is 0.865. The number of hydrogen-bond donors (Lipinski definition) is 0. The Balaban J connectivity index is 1.63. The largest absolute Gasteiger partial charge is 0.493 e. The van der Waals surface area contributed by atoms with Crippen LogP contribution in [-0.2, 0) is 17.6 Å². The van der Waals surface area contributed by atoms with Crippen LogP contribution in [0.3, 0.4) is 0 Å². The number of benzene rings is 1. The first-order valence-corrected chi connectivity index (χ1v) is 10.00. The monoisotopic (exact) mass is 370 g/mol. The number of amides is 1. The fourth-order valence-electron chi connectivity index (χ4n) is 3.21. The second-order valence-electron chi connectivity index (χ2n) is 6.73. The second kappa shape index (κ2) is 8.49. The van der Waals surface area contributed by atoms with Gasteiger partial charge in [0.25, 0.3) is 0 Å². The average molecular weight is 371 g/mol. The minimum absolute atomic E-state index is 0.0285. The summed E-state index contributed by atoms with van der Waals surface area (Å²) in [7, 11) is 0. The molecule has 5 heteroatoms. The zero-order valence-corrected chi connectivity index (χ0v) is 16.4. The van der Waals surface area contributed by atoms with Gasteiger partial charge in [0.15, 0.2) is 5.13 Å². The second-order valence-corrected chi connectivity index (χ2v) is 7.80. The van der Waals surface area contributed by atoms with Crippen molar-refractivity contribution in [2.45, 2.75) is 46.0 Å². The summed E-state index contributed by atoms with van der Waals surface area (Å²) in [6.07, 6.45) is 6.59. The quantitative estimate of drug-likeness (QED) is 0.668. The fourth-order valence-corrected chi connectivity index (χ4v) is 4.39. The number of carbonyl (C=O) groups is 1. The molecule has 0 bridgehead atoms. The van der Waals surface area contributed by atoms with Crippen LogP contribution in [0, 0.1) is 13.8 Å². The Bertz CT molecular complexity index is 774. The van der Waals surface area contributed by atoms with Crippen LogP contribution in [0.1, 0.15) is 41.0 Å².